The summed E-state index contributed by atoms with van der Waals surface area (Å²) in [4.78, 5) is 28.2. The number of hydrogen-bond acceptors (Lipinski definition) is 5. The Kier molecular flexibility index (Phi) is 10.6. The Labute approximate surface area is 279 Å². The molecule has 0 aromatic heterocycles. The van der Waals surface area contributed by atoms with Crippen LogP contribution in [0.3, 0.4) is 0 Å². The van der Waals surface area contributed by atoms with Crippen molar-refractivity contribution < 1.29 is 40.5 Å². The Hall–Kier alpha value is -0.660. The molecule has 7 heteroatoms. The lowest BCUT2D eigenvalue weighted by atomic mass is 9.44. The number of carbonyl (C=O) groups is 2. The topological polar surface area (TPSA) is 55.8 Å². The van der Waals surface area contributed by atoms with Gasteiger partial charge in [-0.15, -0.1) is 0 Å². The zero-order valence-electron chi connectivity index (χ0n) is 28.8. The zero-order valence-corrected chi connectivity index (χ0v) is 30.4. The molecular weight excluding hydrogens is 616 g/mol. The summed E-state index contributed by atoms with van der Waals surface area (Å²) >= 11 is 0. The molecular formula is C37H63BrN2O4. The Balaban J connectivity index is 0.00000384. The third-order valence-electron chi connectivity index (χ3n) is 14.5. The predicted molar refractivity (Wildman–Crippen MR) is 170 cm³/mol. The Morgan fingerprint density at radius 1 is 0.886 bits per heavy atom. The van der Waals surface area contributed by atoms with Crippen molar-refractivity contribution in [2.45, 2.75) is 149 Å². The molecule has 0 unspecified atom stereocenters. The molecule has 6 aliphatic rings. The summed E-state index contributed by atoms with van der Waals surface area (Å²) < 4.78 is 14.0. The standard InChI is InChI=1S/C37H63N2O4.BrH/c1-7-39(20-12-9-13-21-39)32-23-30-28-15-14-27-22-33(43-35(41)25(2)3)31(38-18-10-8-11-19-38)24-37(27,6)29(28)16-17-36(30,5)34(32)42-26(4)40;/h25,27-34H,7-24H2,1-6H3;1H/q+1;/p-1/t27-,28+,29-,30-,31-,32-,33-,34-,36-,37-;/m0./s1. The quantitative estimate of drug-likeness (QED) is 0.314. The van der Waals surface area contributed by atoms with Crippen molar-refractivity contribution in [2.24, 2.45) is 40.4 Å². The van der Waals surface area contributed by atoms with E-state index in [1.165, 1.54) is 94.6 Å². The first kappa shape index (κ1) is 34.7. The van der Waals surface area contributed by atoms with E-state index in [1.54, 1.807) is 6.92 Å². The van der Waals surface area contributed by atoms with Crippen LogP contribution in [0.2, 0.25) is 0 Å². The summed E-state index contributed by atoms with van der Waals surface area (Å²) in [6, 6.07) is 0.796. The van der Waals surface area contributed by atoms with Gasteiger partial charge in [0.05, 0.1) is 25.6 Å². The van der Waals surface area contributed by atoms with E-state index in [9.17, 15) is 9.59 Å². The normalized spacial score (nSPS) is 43.6. The van der Waals surface area contributed by atoms with Crippen LogP contribution >= 0.6 is 0 Å². The molecule has 0 aromatic rings. The molecule has 4 aliphatic carbocycles. The average Bonchev–Trinajstić information content (AvgIpc) is 3.29. The monoisotopic (exact) mass is 678 g/mol. The van der Waals surface area contributed by atoms with Crippen molar-refractivity contribution in [1.29, 1.82) is 0 Å². The molecule has 252 valence electrons. The molecule has 4 saturated carbocycles. The summed E-state index contributed by atoms with van der Waals surface area (Å²) in [7, 11) is 0. The van der Waals surface area contributed by atoms with Crippen LogP contribution < -0.4 is 17.0 Å². The van der Waals surface area contributed by atoms with Crippen LogP contribution in [0.1, 0.15) is 125 Å². The fraction of sp³-hybridized carbons (Fsp3) is 0.946. The molecule has 6 nitrogen and oxygen atoms in total. The van der Waals surface area contributed by atoms with E-state index in [-0.39, 0.29) is 57.9 Å². The smallest absolute Gasteiger partial charge is 0.308 e. The molecule has 6 fully saturated rings. The highest BCUT2D eigenvalue weighted by molar-refractivity contribution is 5.71. The first-order valence-electron chi connectivity index (χ1n) is 18.5. The van der Waals surface area contributed by atoms with Crippen LogP contribution in [0.25, 0.3) is 0 Å². The second kappa shape index (κ2) is 13.5. The lowest BCUT2D eigenvalue weighted by Gasteiger charge is -2.62. The van der Waals surface area contributed by atoms with E-state index < -0.39 is 0 Å². The van der Waals surface area contributed by atoms with E-state index in [0.717, 1.165) is 26.1 Å². The van der Waals surface area contributed by atoms with E-state index >= 15 is 0 Å². The van der Waals surface area contributed by atoms with Gasteiger partial charge in [0, 0.05) is 24.8 Å². The average molecular weight is 680 g/mol. The number of ether oxygens (including phenoxy) is 2. The van der Waals surface area contributed by atoms with Crippen LogP contribution in [0.5, 0.6) is 0 Å². The van der Waals surface area contributed by atoms with Crippen LogP contribution in [-0.2, 0) is 19.1 Å². The molecule has 0 spiro atoms. The summed E-state index contributed by atoms with van der Waals surface area (Å²) in [5.74, 6) is 2.51. The van der Waals surface area contributed by atoms with Gasteiger partial charge in [0.25, 0.3) is 0 Å². The first-order valence-corrected chi connectivity index (χ1v) is 18.5. The van der Waals surface area contributed by atoms with Crippen LogP contribution in [-0.4, -0.2) is 78.3 Å². The molecule has 0 radical (unpaired) electrons. The minimum atomic E-state index is -0.0837. The van der Waals surface area contributed by atoms with Gasteiger partial charge in [-0.25, -0.2) is 0 Å². The molecule has 2 saturated heterocycles. The maximum Gasteiger partial charge on any atom is 0.308 e. The van der Waals surface area contributed by atoms with E-state index in [2.05, 4.69) is 25.7 Å². The van der Waals surface area contributed by atoms with E-state index in [4.69, 9.17) is 9.47 Å². The van der Waals surface area contributed by atoms with Gasteiger partial charge in [-0.2, -0.15) is 0 Å². The molecule has 2 aliphatic heterocycles. The maximum absolute atomic E-state index is 12.9. The van der Waals surface area contributed by atoms with Gasteiger partial charge in [-0.05, 0) is 120 Å². The van der Waals surface area contributed by atoms with Crippen molar-refractivity contribution in [1.82, 2.24) is 4.90 Å². The number of carbonyl (C=O) groups excluding carboxylic acids is 2. The molecule has 0 aromatic carbocycles. The number of fused-ring (bicyclic) bond motifs is 5. The number of halogens is 1. The van der Waals surface area contributed by atoms with Gasteiger partial charge in [0.15, 0.2) is 6.10 Å². The van der Waals surface area contributed by atoms with Crippen LogP contribution in [0, 0.1) is 40.4 Å². The molecule has 2 heterocycles. The SMILES string of the molecule is CC[N+]1([C@H]2C[C@H]3[C@@H]4CC[C@H]5C[C@H](OC(=O)C(C)C)[C@@H](N6CCCCC6)C[C@]5(C)[C@H]4CC[C@]3(C)[C@H]2OC(C)=O)CCCCC1.[Br-]. The number of likely N-dealkylation sites (N-methyl/N-ethyl adjacent to an activating group) is 1. The Morgan fingerprint density at radius 3 is 2.20 bits per heavy atom. The fourth-order valence-electron chi connectivity index (χ4n) is 12.2. The van der Waals surface area contributed by atoms with Gasteiger partial charge in [0.2, 0.25) is 0 Å². The van der Waals surface area contributed by atoms with Crippen LogP contribution in [0.15, 0.2) is 0 Å². The van der Waals surface area contributed by atoms with Gasteiger partial charge in [-0.1, -0.05) is 34.1 Å². The first-order chi connectivity index (χ1) is 20.5. The predicted octanol–water partition coefficient (Wildman–Crippen LogP) is 4.00. The second-order valence-electron chi connectivity index (χ2n) is 16.8. The molecule has 44 heavy (non-hydrogen) atoms. The van der Waals surface area contributed by atoms with Crippen LogP contribution in [0.4, 0.5) is 0 Å². The highest BCUT2D eigenvalue weighted by atomic mass is 79.9. The lowest BCUT2D eigenvalue weighted by molar-refractivity contribution is -0.956. The minimum Gasteiger partial charge on any atom is -1.00 e. The highest BCUT2D eigenvalue weighted by Gasteiger charge is 2.67. The molecule has 0 bridgehead atoms. The van der Waals surface area contributed by atoms with Gasteiger partial charge in [0.1, 0.15) is 12.1 Å². The number of hydrogen-bond donors (Lipinski definition) is 0. The number of quaternary nitrogens is 1. The Morgan fingerprint density at radius 2 is 1.57 bits per heavy atom. The molecule has 0 amide bonds. The van der Waals surface area contributed by atoms with Crippen molar-refractivity contribution in [3.8, 4) is 0 Å². The maximum atomic E-state index is 12.9. The number of likely N-dealkylation sites (tertiary alicyclic amines) is 2. The van der Waals surface area contributed by atoms with E-state index in [0.29, 0.717) is 35.8 Å². The molecule has 0 N–H and O–H groups in total. The van der Waals surface area contributed by atoms with Gasteiger partial charge < -0.3 is 30.9 Å². The van der Waals surface area contributed by atoms with Crippen molar-refractivity contribution >= 4 is 11.9 Å². The molecule has 10 atom stereocenters. The van der Waals surface area contributed by atoms with Crippen molar-refractivity contribution in [3.63, 3.8) is 0 Å². The summed E-state index contributed by atoms with van der Waals surface area (Å²) in [5.41, 5.74) is 0.360. The van der Waals surface area contributed by atoms with Gasteiger partial charge >= 0.3 is 11.9 Å². The van der Waals surface area contributed by atoms with E-state index in [1.807, 2.05) is 13.8 Å². The highest BCUT2D eigenvalue weighted by Crippen LogP contribution is 2.68. The number of esters is 2. The van der Waals surface area contributed by atoms with Crippen molar-refractivity contribution in [2.75, 3.05) is 32.7 Å². The third kappa shape index (κ3) is 5.95. The summed E-state index contributed by atoms with van der Waals surface area (Å²) in [6.45, 7) is 19.1. The molecule has 6 rings (SSSR count). The number of nitrogens with zero attached hydrogens (tertiary/aromatic N) is 2. The van der Waals surface area contributed by atoms with Crippen molar-refractivity contribution in [3.05, 3.63) is 0 Å². The number of rotatable bonds is 6. The van der Waals surface area contributed by atoms with Gasteiger partial charge in [-0.3, -0.25) is 14.5 Å². The summed E-state index contributed by atoms with van der Waals surface area (Å²) in [5, 5.41) is 0. The Bertz CT molecular complexity index is 1020. The lowest BCUT2D eigenvalue weighted by Crippen LogP contribution is -3.00. The number of piperidine rings is 2. The third-order valence-corrected chi connectivity index (χ3v) is 14.5. The zero-order chi connectivity index (χ0) is 30.6. The second-order valence-corrected chi connectivity index (χ2v) is 16.8. The summed E-state index contributed by atoms with van der Waals surface area (Å²) in [6.07, 6.45) is 16.3. The minimum absolute atomic E-state index is 0. The fourth-order valence-corrected chi connectivity index (χ4v) is 12.2. The largest absolute Gasteiger partial charge is 1.00 e.